The number of hydrogen-bond acceptors (Lipinski definition) is 13. The number of carbonyl (C=O) groups is 2. The number of ether oxygens (including phenoxy) is 11. The quantitative estimate of drug-likeness (QED) is 0.0557. The summed E-state index contributed by atoms with van der Waals surface area (Å²) in [5.41, 5.74) is 4.80. The molecule has 0 fully saturated rings. The van der Waals surface area contributed by atoms with Gasteiger partial charge in [0.1, 0.15) is 13.2 Å². The third kappa shape index (κ3) is 24.9. The second-order valence-electron chi connectivity index (χ2n) is 14.2. The molecule has 2 aromatic rings. The highest BCUT2D eigenvalue weighted by Crippen LogP contribution is 2.44. The van der Waals surface area contributed by atoms with E-state index in [9.17, 15) is 9.59 Å². The summed E-state index contributed by atoms with van der Waals surface area (Å²) in [5, 5.41) is 2.81. The van der Waals surface area contributed by atoms with Crippen LogP contribution in [-0.2, 0) is 56.9 Å². The van der Waals surface area contributed by atoms with Gasteiger partial charge in [0.2, 0.25) is 0 Å². The van der Waals surface area contributed by atoms with E-state index in [0.717, 1.165) is 12.8 Å². The first kappa shape index (κ1) is 51.2. The number of benzene rings is 2. The molecule has 14 heteroatoms. The van der Waals surface area contributed by atoms with Gasteiger partial charge in [-0.3, -0.25) is 4.79 Å². The highest BCUT2D eigenvalue weighted by atomic mass is 16.6. The molecule has 3 rings (SSSR count). The number of alkyl carbamates (subject to hydrolysis) is 1. The Morgan fingerprint density at radius 1 is 0.450 bits per heavy atom. The summed E-state index contributed by atoms with van der Waals surface area (Å²) in [6.45, 7) is 11.8. The zero-order valence-electron chi connectivity index (χ0n) is 36.2. The molecule has 14 nitrogen and oxygen atoms in total. The number of rotatable bonds is 41. The maximum absolute atomic E-state index is 12.3. The molecule has 0 heterocycles. The molecule has 0 atom stereocenters. The minimum absolute atomic E-state index is 0.0470. The fourth-order valence-electron chi connectivity index (χ4n) is 6.39. The number of esters is 1. The van der Waals surface area contributed by atoms with Crippen LogP contribution in [0.25, 0.3) is 11.1 Å². The van der Waals surface area contributed by atoms with Gasteiger partial charge in [0.05, 0.1) is 112 Å². The summed E-state index contributed by atoms with van der Waals surface area (Å²) in [4.78, 5) is 24.0. The molecule has 1 aliphatic rings. The largest absolute Gasteiger partial charge is 0.463 e. The van der Waals surface area contributed by atoms with Crippen LogP contribution in [0.2, 0.25) is 0 Å². The minimum Gasteiger partial charge on any atom is -0.463 e. The van der Waals surface area contributed by atoms with Gasteiger partial charge in [0, 0.05) is 25.5 Å². The van der Waals surface area contributed by atoms with Gasteiger partial charge in [-0.1, -0.05) is 94.0 Å². The topological polar surface area (TPSA) is 148 Å². The van der Waals surface area contributed by atoms with Crippen LogP contribution in [-0.4, -0.2) is 151 Å². The maximum atomic E-state index is 12.3. The first-order chi connectivity index (χ1) is 29.7. The molecule has 340 valence electrons. The van der Waals surface area contributed by atoms with E-state index in [0.29, 0.717) is 145 Å². The van der Waals surface area contributed by atoms with Crippen molar-refractivity contribution >= 4 is 12.1 Å². The van der Waals surface area contributed by atoms with Crippen molar-refractivity contribution in [2.45, 2.75) is 70.6 Å². The predicted octanol–water partition coefficient (Wildman–Crippen LogP) is 6.75. The Morgan fingerprint density at radius 2 is 0.833 bits per heavy atom. The number of nitrogens with one attached hydrogen (secondary N) is 1. The standard InChI is InChI=1S/C46H73NO13/c1-2-3-4-5-6-7-8-18-45(48)59-38-37-58-36-35-57-34-33-56-32-31-55-30-29-54-28-27-53-26-25-52-24-23-51-22-21-50-20-13-19-47-46(49)60-39-44-42-16-11-9-14-40(42)41-15-10-12-17-43(41)44/h9-12,14-17,44H,2-8,13,18-39H2,1H3,(H,47,49). The van der Waals surface area contributed by atoms with Crippen molar-refractivity contribution in [3.8, 4) is 11.1 Å². The fourth-order valence-corrected chi connectivity index (χ4v) is 6.39. The Bertz CT molecular complexity index is 1300. The van der Waals surface area contributed by atoms with Gasteiger partial charge >= 0.3 is 12.1 Å². The third-order valence-electron chi connectivity index (χ3n) is 9.53. The van der Waals surface area contributed by atoms with Crippen LogP contribution in [0.3, 0.4) is 0 Å². The average Bonchev–Trinajstić information content (AvgIpc) is 3.59. The van der Waals surface area contributed by atoms with E-state index in [1.165, 1.54) is 54.4 Å². The summed E-state index contributed by atoms with van der Waals surface area (Å²) < 4.78 is 60.4. The summed E-state index contributed by atoms with van der Waals surface area (Å²) in [7, 11) is 0. The van der Waals surface area contributed by atoms with Crippen LogP contribution in [0, 0.1) is 0 Å². The zero-order chi connectivity index (χ0) is 42.4. The molecule has 0 bridgehead atoms. The molecule has 0 spiro atoms. The molecule has 1 N–H and O–H groups in total. The van der Waals surface area contributed by atoms with Gasteiger partial charge in [-0.25, -0.2) is 4.79 Å². The van der Waals surface area contributed by atoms with Gasteiger partial charge in [-0.05, 0) is 35.1 Å². The molecule has 0 radical (unpaired) electrons. The van der Waals surface area contributed by atoms with Crippen LogP contribution in [0.5, 0.6) is 0 Å². The van der Waals surface area contributed by atoms with Gasteiger partial charge < -0.3 is 57.4 Å². The number of carbonyl (C=O) groups excluding carboxylic acids is 2. The Morgan fingerprint density at radius 3 is 1.28 bits per heavy atom. The maximum Gasteiger partial charge on any atom is 0.407 e. The summed E-state index contributed by atoms with van der Waals surface area (Å²) in [5.74, 6) is -0.0977. The predicted molar refractivity (Wildman–Crippen MR) is 229 cm³/mol. The molecule has 0 unspecified atom stereocenters. The van der Waals surface area contributed by atoms with E-state index in [2.05, 4.69) is 36.5 Å². The second-order valence-corrected chi connectivity index (χ2v) is 14.2. The lowest BCUT2D eigenvalue weighted by molar-refractivity contribution is -0.145. The number of hydrogen-bond donors (Lipinski definition) is 1. The molecule has 1 aliphatic carbocycles. The Kier molecular flexibility index (Phi) is 31.1. The first-order valence-corrected chi connectivity index (χ1v) is 22.1. The third-order valence-corrected chi connectivity index (χ3v) is 9.53. The van der Waals surface area contributed by atoms with Gasteiger partial charge in [-0.15, -0.1) is 0 Å². The first-order valence-electron chi connectivity index (χ1n) is 22.1. The van der Waals surface area contributed by atoms with Crippen molar-refractivity contribution < 1.29 is 61.7 Å². The molecule has 2 aromatic carbocycles. The Balaban J connectivity index is 0.930. The van der Waals surface area contributed by atoms with E-state index < -0.39 is 6.09 Å². The SMILES string of the molecule is CCCCCCCCCC(=O)OCCOCCOCCOCCOCCOCCOCCOCCOCCOCCCNC(=O)OCC1c2ccccc2-c2ccccc21. The molecular weight excluding hydrogens is 774 g/mol. The van der Waals surface area contributed by atoms with E-state index in [1.54, 1.807) is 0 Å². The molecule has 60 heavy (non-hydrogen) atoms. The monoisotopic (exact) mass is 848 g/mol. The summed E-state index contributed by atoms with van der Waals surface area (Å²) in [6, 6.07) is 16.6. The van der Waals surface area contributed by atoms with Crippen molar-refractivity contribution in [1.29, 1.82) is 0 Å². The van der Waals surface area contributed by atoms with Crippen LogP contribution >= 0.6 is 0 Å². The molecule has 0 aromatic heterocycles. The average molecular weight is 848 g/mol. The van der Waals surface area contributed by atoms with Gasteiger partial charge in [0.25, 0.3) is 0 Å². The summed E-state index contributed by atoms with van der Waals surface area (Å²) in [6.07, 6.45) is 9.03. The molecule has 0 aliphatic heterocycles. The highest BCUT2D eigenvalue weighted by Gasteiger charge is 2.29. The van der Waals surface area contributed by atoms with Crippen molar-refractivity contribution in [3.05, 3.63) is 59.7 Å². The van der Waals surface area contributed by atoms with Crippen LogP contribution in [0.4, 0.5) is 4.79 Å². The van der Waals surface area contributed by atoms with E-state index in [4.69, 9.17) is 52.1 Å². The second kappa shape index (κ2) is 36.5. The zero-order valence-corrected chi connectivity index (χ0v) is 36.2. The normalized spacial score (nSPS) is 12.1. The van der Waals surface area contributed by atoms with Crippen LogP contribution in [0.1, 0.15) is 81.8 Å². The number of amides is 1. The van der Waals surface area contributed by atoms with E-state index >= 15 is 0 Å². The lowest BCUT2D eigenvalue weighted by Crippen LogP contribution is -2.27. The molecule has 1 amide bonds. The Hall–Kier alpha value is -3.18. The van der Waals surface area contributed by atoms with Gasteiger partial charge in [0.15, 0.2) is 0 Å². The molecular formula is C46H73NO13. The van der Waals surface area contributed by atoms with E-state index in [-0.39, 0.29) is 18.5 Å². The highest BCUT2D eigenvalue weighted by molar-refractivity contribution is 5.79. The summed E-state index contributed by atoms with van der Waals surface area (Å²) >= 11 is 0. The van der Waals surface area contributed by atoms with Crippen molar-refractivity contribution in [1.82, 2.24) is 5.32 Å². The van der Waals surface area contributed by atoms with Crippen molar-refractivity contribution in [3.63, 3.8) is 0 Å². The lowest BCUT2D eigenvalue weighted by Gasteiger charge is -2.14. The van der Waals surface area contributed by atoms with Crippen LogP contribution < -0.4 is 5.32 Å². The Labute approximate surface area is 358 Å². The number of unbranched alkanes of at least 4 members (excludes halogenated alkanes) is 6. The lowest BCUT2D eigenvalue weighted by atomic mass is 9.98. The van der Waals surface area contributed by atoms with E-state index in [1.807, 2.05) is 24.3 Å². The smallest absolute Gasteiger partial charge is 0.407 e. The van der Waals surface area contributed by atoms with Crippen molar-refractivity contribution in [2.24, 2.45) is 0 Å². The fraction of sp³-hybridized carbons (Fsp3) is 0.696. The minimum atomic E-state index is -0.417. The molecule has 0 saturated heterocycles. The van der Waals surface area contributed by atoms with Gasteiger partial charge in [-0.2, -0.15) is 0 Å². The van der Waals surface area contributed by atoms with Crippen LogP contribution in [0.15, 0.2) is 48.5 Å². The molecule has 0 saturated carbocycles. The number of fused-ring (bicyclic) bond motifs is 3. The van der Waals surface area contributed by atoms with Crippen molar-refractivity contribution in [2.75, 3.05) is 139 Å².